The van der Waals surface area contributed by atoms with E-state index in [1.807, 2.05) is 24.0 Å². The number of amides is 1. The number of Topliss-reactive ketones (excluding diaryl/α,β-unsaturated/α-hetero) is 1. The van der Waals surface area contributed by atoms with Gasteiger partial charge in [0.2, 0.25) is 0 Å². The molecule has 0 bridgehead atoms. The van der Waals surface area contributed by atoms with E-state index in [0.29, 0.717) is 49.2 Å². The highest BCUT2D eigenvalue weighted by atomic mass is 79.9. The predicted molar refractivity (Wildman–Crippen MR) is 154 cm³/mol. The standard InChI is InChI=1S/C28H36BrN5O5/c1-7-39-22-14-18-15-34(26(32-29)23(18)31-24(22)27(36)30-5)16-21(35)17-12-19(28(2,3)4)25(37-6)20(13-17)33-8-10-38-11-9-33/h12-14H,7-11,15-16H2,1-6H3,(H,30,36). The van der Waals surface area contributed by atoms with Crippen molar-refractivity contribution in [1.29, 1.82) is 0 Å². The number of halogens is 1. The summed E-state index contributed by atoms with van der Waals surface area (Å²) in [7, 11) is 3.22. The molecule has 1 N–H and O–H groups in total. The Kier molecular flexibility index (Phi) is 8.80. The van der Waals surface area contributed by atoms with Crippen LogP contribution in [0, 0.1) is 0 Å². The summed E-state index contributed by atoms with van der Waals surface area (Å²) < 4.78 is 21.4. The van der Waals surface area contributed by atoms with Crippen molar-refractivity contribution in [2.24, 2.45) is 4.02 Å². The summed E-state index contributed by atoms with van der Waals surface area (Å²) in [6.07, 6.45) is 0. The van der Waals surface area contributed by atoms with E-state index in [4.69, 9.17) is 14.2 Å². The lowest BCUT2D eigenvalue weighted by molar-refractivity contribution is 0.0949. The molecule has 210 valence electrons. The highest BCUT2D eigenvalue weighted by molar-refractivity contribution is 9.08. The van der Waals surface area contributed by atoms with Crippen LogP contribution >= 0.6 is 16.1 Å². The van der Waals surface area contributed by atoms with Crippen molar-refractivity contribution >= 4 is 39.4 Å². The quantitative estimate of drug-likeness (QED) is 0.456. The summed E-state index contributed by atoms with van der Waals surface area (Å²) in [6, 6.07) is 5.67. The molecular weight excluding hydrogens is 566 g/mol. The highest BCUT2D eigenvalue weighted by Crippen LogP contribution is 2.41. The number of ether oxygens (including phenoxy) is 3. The molecule has 0 atom stereocenters. The van der Waals surface area contributed by atoms with E-state index >= 15 is 0 Å². The molecule has 2 aliphatic heterocycles. The number of carbonyl (C=O) groups excluding carboxylic acids is 2. The van der Waals surface area contributed by atoms with Gasteiger partial charge in [-0.25, -0.2) is 4.98 Å². The third kappa shape index (κ3) is 5.89. The highest BCUT2D eigenvalue weighted by Gasteiger charge is 2.33. The molecule has 0 aliphatic carbocycles. The van der Waals surface area contributed by atoms with Gasteiger partial charge in [-0.3, -0.25) is 9.59 Å². The fourth-order valence-corrected chi connectivity index (χ4v) is 5.29. The number of anilines is 1. The van der Waals surface area contributed by atoms with E-state index < -0.39 is 0 Å². The van der Waals surface area contributed by atoms with Gasteiger partial charge in [-0.15, -0.1) is 0 Å². The number of fused-ring (bicyclic) bond motifs is 1. The van der Waals surface area contributed by atoms with Crippen molar-refractivity contribution in [3.63, 3.8) is 0 Å². The van der Waals surface area contributed by atoms with Crippen molar-refractivity contribution in [2.45, 2.75) is 39.7 Å². The van der Waals surface area contributed by atoms with Gasteiger partial charge in [0.1, 0.15) is 11.4 Å². The van der Waals surface area contributed by atoms with E-state index in [9.17, 15) is 9.59 Å². The lowest BCUT2D eigenvalue weighted by atomic mass is 9.84. The number of carbonyl (C=O) groups is 2. The van der Waals surface area contributed by atoms with Gasteiger partial charge in [0.05, 0.1) is 55.3 Å². The Morgan fingerprint density at radius 2 is 1.92 bits per heavy atom. The van der Waals surface area contributed by atoms with Gasteiger partial charge in [0.15, 0.2) is 23.1 Å². The summed E-state index contributed by atoms with van der Waals surface area (Å²) in [5.74, 6) is 1.26. The van der Waals surface area contributed by atoms with Crippen LogP contribution in [0.2, 0.25) is 0 Å². The second kappa shape index (κ2) is 11.9. The number of amidine groups is 1. The second-order valence-electron chi connectivity index (χ2n) is 10.5. The van der Waals surface area contributed by atoms with Gasteiger partial charge >= 0.3 is 0 Å². The Bertz CT molecular complexity index is 1280. The smallest absolute Gasteiger partial charge is 0.273 e. The molecule has 10 nitrogen and oxygen atoms in total. The van der Waals surface area contributed by atoms with Crippen LogP contribution in [-0.2, 0) is 16.7 Å². The molecule has 1 amide bonds. The van der Waals surface area contributed by atoms with Crippen LogP contribution in [0.5, 0.6) is 11.5 Å². The first kappa shape index (κ1) is 28.8. The first-order chi connectivity index (χ1) is 18.6. The lowest BCUT2D eigenvalue weighted by Gasteiger charge is -2.33. The van der Waals surface area contributed by atoms with E-state index in [2.05, 4.69) is 56.1 Å². The fraction of sp³-hybridized carbons (Fsp3) is 0.500. The van der Waals surface area contributed by atoms with Crippen LogP contribution < -0.4 is 19.7 Å². The van der Waals surface area contributed by atoms with Crippen LogP contribution in [0.25, 0.3) is 0 Å². The maximum absolute atomic E-state index is 13.8. The van der Waals surface area contributed by atoms with Crippen LogP contribution in [0.1, 0.15) is 65.4 Å². The van der Waals surface area contributed by atoms with Crippen LogP contribution in [0.3, 0.4) is 0 Å². The molecule has 39 heavy (non-hydrogen) atoms. The SMILES string of the molecule is CCOc1cc2c(nc1C(=O)NC)C(=NBr)N(CC(=O)c1cc(N3CCOCC3)c(OC)c(C(C)(C)C)c1)C2. The maximum atomic E-state index is 13.8. The number of rotatable bonds is 8. The third-order valence-corrected chi connectivity index (χ3v) is 7.19. The number of pyridine rings is 1. The number of ketones is 1. The number of hydrogen-bond donors (Lipinski definition) is 1. The number of nitrogens with zero attached hydrogens (tertiary/aromatic N) is 4. The molecule has 0 unspecified atom stereocenters. The number of nitrogens with one attached hydrogen (secondary N) is 1. The minimum absolute atomic E-state index is 0.0596. The number of hydrogen-bond acceptors (Lipinski definition) is 8. The molecule has 3 heterocycles. The zero-order chi connectivity index (χ0) is 28.3. The molecule has 4 rings (SSSR count). The summed E-state index contributed by atoms with van der Waals surface area (Å²) in [5, 5.41) is 2.61. The Morgan fingerprint density at radius 1 is 1.21 bits per heavy atom. The zero-order valence-electron chi connectivity index (χ0n) is 23.4. The van der Waals surface area contributed by atoms with Gasteiger partial charge in [-0.05, 0) is 30.5 Å². The first-order valence-electron chi connectivity index (χ1n) is 13.0. The summed E-state index contributed by atoms with van der Waals surface area (Å²) >= 11 is 3.21. The Morgan fingerprint density at radius 3 is 2.51 bits per heavy atom. The van der Waals surface area contributed by atoms with Crippen molar-refractivity contribution in [3.8, 4) is 11.5 Å². The minimum Gasteiger partial charge on any atom is -0.494 e. The van der Waals surface area contributed by atoms with Gasteiger partial charge in [-0.1, -0.05) is 20.8 Å². The molecule has 0 saturated carbocycles. The number of morpholine rings is 1. The average Bonchev–Trinajstić information content (AvgIpc) is 3.26. The Balaban J connectivity index is 1.69. The molecule has 1 saturated heterocycles. The minimum atomic E-state index is -0.353. The third-order valence-electron chi connectivity index (χ3n) is 6.85. The van der Waals surface area contributed by atoms with Crippen molar-refractivity contribution in [1.82, 2.24) is 15.2 Å². The molecule has 2 aliphatic rings. The molecule has 2 aromatic rings. The molecule has 1 fully saturated rings. The largest absolute Gasteiger partial charge is 0.494 e. The van der Waals surface area contributed by atoms with Gasteiger partial charge in [0.25, 0.3) is 5.91 Å². The molecule has 11 heteroatoms. The predicted octanol–water partition coefficient (Wildman–Crippen LogP) is 3.74. The molecule has 0 spiro atoms. The van der Waals surface area contributed by atoms with Gasteiger partial charge < -0.3 is 29.3 Å². The monoisotopic (exact) mass is 601 g/mol. The lowest BCUT2D eigenvalue weighted by Crippen LogP contribution is -2.37. The summed E-state index contributed by atoms with van der Waals surface area (Å²) in [5.41, 5.74) is 3.77. The first-order valence-corrected chi connectivity index (χ1v) is 13.7. The van der Waals surface area contributed by atoms with Gasteiger partial charge in [-0.2, -0.15) is 4.02 Å². The number of aromatic nitrogens is 1. The van der Waals surface area contributed by atoms with Gasteiger partial charge in [0, 0.05) is 43.4 Å². The van der Waals surface area contributed by atoms with Crippen LogP contribution in [-0.4, -0.2) is 81.0 Å². The topological polar surface area (TPSA) is 106 Å². The van der Waals surface area contributed by atoms with E-state index in [1.165, 1.54) is 0 Å². The zero-order valence-corrected chi connectivity index (χ0v) is 25.0. The maximum Gasteiger partial charge on any atom is 0.273 e. The average molecular weight is 603 g/mol. The molecule has 1 aromatic carbocycles. The number of benzene rings is 1. The number of methoxy groups -OCH3 is 1. The van der Waals surface area contributed by atoms with Crippen molar-refractivity contribution in [3.05, 3.63) is 46.3 Å². The van der Waals surface area contributed by atoms with E-state index in [1.54, 1.807) is 20.2 Å². The van der Waals surface area contributed by atoms with Crippen LogP contribution in [0.4, 0.5) is 5.69 Å². The Labute approximate surface area is 238 Å². The second-order valence-corrected chi connectivity index (χ2v) is 10.8. The summed E-state index contributed by atoms with van der Waals surface area (Å²) in [6.45, 7) is 11.8. The van der Waals surface area contributed by atoms with E-state index in [0.717, 1.165) is 35.7 Å². The van der Waals surface area contributed by atoms with Crippen molar-refractivity contribution < 1.29 is 23.8 Å². The van der Waals surface area contributed by atoms with E-state index in [-0.39, 0.29) is 29.3 Å². The van der Waals surface area contributed by atoms with Crippen molar-refractivity contribution in [2.75, 3.05) is 58.5 Å². The summed E-state index contributed by atoms with van der Waals surface area (Å²) in [4.78, 5) is 34.9. The Hall–Kier alpha value is -3.18. The molecular formula is C28H36BrN5O5. The normalized spacial score (nSPS) is 16.3. The fourth-order valence-electron chi connectivity index (χ4n) is 4.90. The molecule has 0 radical (unpaired) electrons. The van der Waals surface area contributed by atoms with Crippen LogP contribution in [0.15, 0.2) is 22.2 Å². The molecule has 1 aromatic heterocycles.